The van der Waals surface area contributed by atoms with Gasteiger partial charge in [-0.05, 0) is 6.07 Å². The molecular weight excluding hydrogens is 282 g/mol. The number of morpholine rings is 1. The summed E-state index contributed by atoms with van der Waals surface area (Å²) in [6, 6.07) is 2.56. The summed E-state index contributed by atoms with van der Waals surface area (Å²) in [5.41, 5.74) is 7.09. The van der Waals surface area contributed by atoms with Crippen molar-refractivity contribution in [2.75, 3.05) is 19.7 Å². The maximum atomic E-state index is 11.7. The number of nitro groups is 1. The van der Waals surface area contributed by atoms with Crippen LogP contribution >= 0.6 is 0 Å². The van der Waals surface area contributed by atoms with Crippen molar-refractivity contribution in [3.05, 3.63) is 28.0 Å². The Balaban J connectivity index is 1.82. The van der Waals surface area contributed by atoms with E-state index in [2.05, 4.69) is 15.8 Å². The molecule has 1 aromatic heterocycles. The summed E-state index contributed by atoms with van der Waals surface area (Å²) in [5, 5.41) is 17.1. The van der Waals surface area contributed by atoms with Crippen LogP contribution in [0.1, 0.15) is 12.2 Å². The second-order valence-corrected chi connectivity index (χ2v) is 4.49. The minimum Gasteiger partial charge on any atom is -0.400 e. The van der Waals surface area contributed by atoms with Crippen molar-refractivity contribution in [3.63, 3.8) is 0 Å². The highest BCUT2D eigenvalue weighted by Crippen LogP contribution is 2.14. The van der Waals surface area contributed by atoms with Gasteiger partial charge in [0.05, 0.1) is 25.3 Å². The van der Waals surface area contributed by atoms with Gasteiger partial charge in [0.25, 0.3) is 0 Å². The number of carbonyl (C=O) groups is 1. The van der Waals surface area contributed by atoms with Gasteiger partial charge in [-0.3, -0.25) is 14.9 Å². The van der Waals surface area contributed by atoms with Crippen LogP contribution in [0.4, 0.5) is 5.88 Å². The lowest BCUT2D eigenvalue weighted by atomic mass is 10.1. The molecule has 4 N–H and O–H groups in total. The molecule has 2 heterocycles. The molecule has 114 valence electrons. The van der Waals surface area contributed by atoms with Crippen LogP contribution in [0.15, 0.2) is 21.7 Å². The maximum Gasteiger partial charge on any atom is 0.433 e. The molecule has 0 saturated carbocycles. The van der Waals surface area contributed by atoms with Crippen LogP contribution in [-0.2, 0) is 9.53 Å². The second kappa shape index (κ2) is 6.43. The van der Waals surface area contributed by atoms with E-state index in [0.717, 1.165) is 6.21 Å². The van der Waals surface area contributed by atoms with Gasteiger partial charge in [0.1, 0.15) is 10.6 Å². The normalized spacial score (nSPS) is 22.3. The van der Waals surface area contributed by atoms with Gasteiger partial charge in [-0.15, -0.1) is 0 Å². The van der Waals surface area contributed by atoms with Gasteiger partial charge in [-0.25, -0.2) is 5.43 Å². The Morgan fingerprint density at radius 2 is 2.48 bits per heavy atom. The topological polar surface area (TPSA) is 145 Å². The molecule has 10 nitrogen and oxygen atoms in total. The number of ether oxygens (including phenoxy) is 1. The number of hydrogen-bond donors (Lipinski definition) is 3. The van der Waals surface area contributed by atoms with Crippen LogP contribution in [0.3, 0.4) is 0 Å². The first-order valence-electron chi connectivity index (χ1n) is 6.18. The van der Waals surface area contributed by atoms with E-state index in [0.29, 0.717) is 19.7 Å². The van der Waals surface area contributed by atoms with Crippen LogP contribution in [0.5, 0.6) is 0 Å². The van der Waals surface area contributed by atoms with E-state index in [1.54, 1.807) is 0 Å². The van der Waals surface area contributed by atoms with E-state index < -0.39 is 22.4 Å². The lowest BCUT2D eigenvalue weighted by Gasteiger charge is -2.33. The monoisotopic (exact) mass is 297 g/mol. The fraction of sp³-hybridized carbons (Fsp3) is 0.455. The molecule has 1 saturated heterocycles. The first-order chi connectivity index (χ1) is 9.98. The smallest absolute Gasteiger partial charge is 0.400 e. The molecule has 21 heavy (non-hydrogen) atoms. The largest absolute Gasteiger partial charge is 0.433 e. The number of nitrogens with one attached hydrogen (secondary N) is 2. The average Bonchev–Trinajstić information content (AvgIpc) is 2.88. The summed E-state index contributed by atoms with van der Waals surface area (Å²) in [6.45, 7) is 1.49. The quantitative estimate of drug-likeness (QED) is 0.370. The van der Waals surface area contributed by atoms with E-state index in [-0.39, 0.29) is 12.2 Å². The van der Waals surface area contributed by atoms with Crippen LogP contribution in [0.2, 0.25) is 0 Å². The van der Waals surface area contributed by atoms with Crippen molar-refractivity contribution >= 4 is 18.0 Å². The van der Waals surface area contributed by atoms with E-state index >= 15 is 0 Å². The summed E-state index contributed by atoms with van der Waals surface area (Å²) in [4.78, 5) is 21.4. The maximum absolute atomic E-state index is 11.7. The molecule has 1 unspecified atom stereocenters. The van der Waals surface area contributed by atoms with Crippen molar-refractivity contribution in [2.24, 2.45) is 10.8 Å². The first kappa shape index (κ1) is 15.1. The number of hydrazone groups is 1. The summed E-state index contributed by atoms with van der Waals surface area (Å²) in [5.74, 6) is -0.677. The lowest BCUT2D eigenvalue weighted by Crippen LogP contribution is -2.57. The number of carbonyl (C=O) groups excluding carboxylic acids is 1. The Labute approximate surface area is 119 Å². The minimum atomic E-state index is -1.05. The minimum absolute atomic E-state index is 0.0599. The molecule has 1 aromatic rings. The molecule has 1 fully saturated rings. The third-order valence-corrected chi connectivity index (χ3v) is 2.73. The predicted molar refractivity (Wildman–Crippen MR) is 71.5 cm³/mol. The molecule has 0 bridgehead atoms. The van der Waals surface area contributed by atoms with Crippen LogP contribution in [0.25, 0.3) is 0 Å². The van der Waals surface area contributed by atoms with Gasteiger partial charge in [0, 0.05) is 13.1 Å². The third kappa shape index (κ3) is 4.34. The lowest BCUT2D eigenvalue weighted by molar-refractivity contribution is -0.402. The highest BCUT2D eigenvalue weighted by Gasteiger charge is 2.31. The van der Waals surface area contributed by atoms with Crippen molar-refractivity contribution < 1.29 is 18.9 Å². The van der Waals surface area contributed by atoms with E-state index in [1.165, 1.54) is 12.1 Å². The molecule has 0 aliphatic carbocycles. The zero-order valence-corrected chi connectivity index (χ0v) is 11.1. The summed E-state index contributed by atoms with van der Waals surface area (Å²) >= 11 is 0. The Bertz CT molecular complexity index is 549. The third-order valence-electron chi connectivity index (χ3n) is 2.73. The van der Waals surface area contributed by atoms with Gasteiger partial charge in [0.15, 0.2) is 5.76 Å². The van der Waals surface area contributed by atoms with Gasteiger partial charge >= 0.3 is 5.88 Å². The van der Waals surface area contributed by atoms with Gasteiger partial charge in [-0.1, -0.05) is 0 Å². The highest BCUT2D eigenvalue weighted by molar-refractivity contribution is 5.81. The number of nitrogens with two attached hydrogens (primary N) is 1. The van der Waals surface area contributed by atoms with Gasteiger partial charge in [-0.2, -0.15) is 5.10 Å². The van der Waals surface area contributed by atoms with Crippen molar-refractivity contribution in [1.29, 1.82) is 0 Å². The number of furan rings is 1. The standard InChI is InChI=1S/C11H15N5O5/c12-11(7-13-3-4-20-11)5-9(17)15-14-6-8-1-2-10(21-8)16(18)19/h1-2,6,13H,3-5,7,12H2,(H,15,17)/b14-6+. The fourth-order valence-corrected chi connectivity index (χ4v) is 1.78. The zero-order valence-electron chi connectivity index (χ0n) is 11.1. The molecular formula is C11H15N5O5. The van der Waals surface area contributed by atoms with Gasteiger partial charge in [0.2, 0.25) is 5.91 Å². The molecule has 1 atom stereocenters. The van der Waals surface area contributed by atoms with Gasteiger partial charge < -0.3 is 20.2 Å². The first-order valence-corrected chi connectivity index (χ1v) is 6.18. The van der Waals surface area contributed by atoms with Crippen molar-refractivity contribution in [2.45, 2.75) is 12.1 Å². The summed E-state index contributed by atoms with van der Waals surface area (Å²) in [7, 11) is 0. The highest BCUT2D eigenvalue weighted by atomic mass is 16.6. The molecule has 10 heteroatoms. The summed E-state index contributed by atoms with van der Waals surface area (Å²) in [6.07, 6.45) is 1.10. The second-order valence-electron chi connectivity index (χ2n) is 4.49. The Kier molecular flexibility index (Phi) is 4.62. The predicted octanol–water partition coefficient (Wildman–Crippen LogP) is -0.697. The van der Waals surface area contributed by atoms with E-state index in [4.69, 9.17) is 14.9 Å². The van der Waals surface area contributed by atoms with Crippen LogP contribution in [0, 0.1) is 10.1 Å². The summed E-state index contributed by atoms with van der Waals surface area (Å²) < 4.78 is 10.2. The average molecular weight is 297 g/mol. The fourth-order valence-electron chi connectivity index (χ4n) is 1.78. The number of nitrogens with zero attached hydrogens (tertiary/aromatic N) is 2. The Hall–Kier alpha value is -2.30. The Morgan fingerprint density at radius 3 is 3.10 bits per heavy atom. The van der Waals surface area contributed by atoms with Crippen molar-refractivity contribution in [3.8, 4) is 0 Å². The number of hydrogen-bond acceptors (Lipinski definition) is 8. The number of rotatable bonds is 5. The van der Waals surface area contributed by atoms with E-state index in [9.17, 15) is 14.9 Å². The van der Waals surface area contributed by atoms with E-state index in [1.807, 2.05) is 0 Å². The SMILES string of the molecule is NC1(CC(=O)N/N=C/c2ccc([N+](=O)[O-])o2)CNCCO1. The molecule has 1 aliphatic rings. The Morgan fingerprint density at radius 1 is 1.67 bits per heavy atom. The molecule has 0 radical (unpaired) electrons. The zero-order chi connectivity index (χ0) is 15.3. The van der Waals surface area contributed by atoms with Crippen LogP contribution < -0.4 is 16.5 Å². The van der Waals surface area contributed by atoms with Crippen LogP contribution in [-0.4, -0.2) is 42.5 Å². The molecule has 1 amide bonds. The molecule has 0 spiro atoms. The molecule has 0 aromatic carbocycles. The molecule has 2 rings (SSSR count). The number of amides is 1. The molecule has 1 aliphatic heterocycles. The van der Waals surface area contributed by atoms with Crippen molar-refractivity contribution in [1.82, 2.24) is 10.7 Å².